The van der Waals surface area contributed by atoms with E-state index in [0.29, 0.717) is 0 Å². The average molecular weight is 377 g/mol. The highest BCUT2D eigenvalue weighted by molar-refractivity contribution is 5.30. The van der Waals surface area contributed by atoms with Crippen molar-refractivity contribution in [2.45, 2.75) is 32.9 Å². The van der Waals surface area contributed by atoms with E-state index in [-0.39, 0.29) is 0 Å². The van der Waals surface area contributed by atoms with E-state index in [0.717, 1.165) is 36.9 Å². The molecule has 3 aromatic heterocycles. The van der Waals surface area contributed by atoms with Crippen molar-refractivity contribution in [2.24, 2.45) is 5.92 Å². The van der Waals surface area contributed by atoms with Crippen molar-refractivity contribution in [3.8, 4) is 5.69 Å². The van der Waals surface area contributed by atoms with Gasteiger partial charge < -0.3 is 5.32 Å². The maximum absolute atomic E-state index is 4.63. The predicted octanol–water partition coefficient (Wildman–Crippen LogP) is 2.97. The molecule has 28 heavy (non-hydrogen) atoms. The summed E-state index contributed by atoms with van der Waals surface area (Å²) in [5, 5.41) is 8.28. The van der Waals surface area contributed by atoms with Gasteiger partial charge in [0, 0.05) is 49.6 Å². The van der Waals surface area contributed by atoms with Crippen molar-refractivity contribution in [1.29, 1.82) is 0 Å². The van der Waals surface area contributed by atoms with Crippen LogP contribution in [0, 0.1) is 12.8 Å². The van der Waals surface area contributed by atoms with Crippen LogP contribution in [0.5, 0.6) is 0 Å². The van der Waals surface area contributed by atoms with Crippen molar-refractivity contribution in [1.82, 2.24) is 30.0 Å². The summed E-state index contributed by atoms with van der Waals surface area (Å²) in [4.78, 5) is 10.7. The first-order valence-corrected chi connectivity index (χ1v) is 10.1. The zero-order valence-electron chi connectivity index (χ0n) is 16.5. The van der Waals surface area contributed by atoms with E-state index in [9.17, 15) is 0 Å². The van der Waals surface area contributed by atoms with E-state index in [2.05, 4.69) is 50.5 Å². The lowest BCUT2D eigenvalue weighted by Crippen LogP contribution is -2.36. The first kappa shape index (κ1) is 18.8. The molecule has 0 aromatic carbocycles. The first-order valence-electron chi connectivity index (χ1n) is 10.1. The summed E-state index contributed by atoms with van der Waals surface area (Å²) in [5.41, 5.74) is 4.74. The Bertz CT molecular complexity index is 853. The fourth-order valence-corrected chi connectivity index (χ4v) is 3.80. The highest BCUT2D eigenvalue weighted by Gasteiger charge is 2.19. The highest BCUT2D eigenvalue weighted by atomic mass is 15.3. The molecule has 1 aliphatic heterocycles. The Hall–Kier alpha value is -2.57. The molecular formula is C22H28N6. The molecule has 6 nitrogen and oxygen atoms in total. The Morgan fingerprint density at radius 2 is 1.68 bits per heavy atom. The molecule has 4 rings (SSSR count). The van der Waals surface area contributed by atoms with Gasteiger partial charge in [-0.25, -0.2) is 4.68 Å². The number of hydrogen-bond acceptors (Lipinski definition) is 5. The van der Waals surface area contributed by atoms with E-state index >= 15 is 0 Å². The molecule has 0 bridgehead atoms. The second kappa shape index (κ2) is 9.08. The van der Waals surface area contributed by atoms with Crippen LogP contribution in [0.25, 0.3) is 5.69 Å². The number of likely N-dealkylation sites (tertiary alicyclic amines) is 1. The zero-order chi connectivity index (χ0) is 19.2. The molecule has 1 aliphatic rings. The molecule has 1 fully saturated rings. The minimum atomic E-state index is 0.754. The number of aryl methyl sites for hydroxylation is 1. The molecule has 0 spiro atoms. The van der Waals surface area contributed by atoms with Gasteiger partial charge in [-0.3, -0.25) is 14.9 Å². The monoisotopic (exact) mass is 376 g/mol. The Morgan fingerprint density at radius 3 is 2.39 bits per heavy atom. The summed E-state index contributed by atoms with van der Waals surface area (Å²) in [7, 11) is 0. The number of nitrogens with zero attached hydrogens (tertiary/aromatic N) is 5. The standard InChI is InChI=1S/C22H28N6/c1-18-21(17-28(26-18)22-4-10-24-11-5-22)15-25-14-19-6-12-27(13-7-19)16-20-2-8-23-9-3-20/h2-5,8-11,17,19,25H,6-7,12-16H2,1H3. The van der Waals surface area contributed by atoms with Gasteiger partial charge in [-0.05, 0) is 75.1 Å². The van der Waals surface area contributed by atoms with Gasteiger partial charge >= 0.3 is 0 Å². The number of pyridine rings is 2. The van der Waals surface area contributed by atoms with Crippen molar-refractivity contribution in [2.75, 3.05) is 19.6 Å². The Balaban J connectivity index is 1.22. The molecule has 0 atom stereocenters. The van der Waals surface area contributed by atoms with Crippen molar-refractivity contribution in [3.63, 3.8) is 0 Å². The van der Waals surface area contributed by atoms with Crippen molar-refractivity contribution < 1.29 is 0 Å². The topological polar surface area (TPSA) is 58.9 Å². The Labute approximate surface area is 166 Å². The lowest BCUT2D eigenvalue weighted by atomic mass is 9.96. The number of nitrogens with one attached hydrogen (secondary N) is 1. The van der Waals surface area contributed by atoms with Crippen LogP contribution in [-0.4, -0.2) is 44.3 Å². The molecule has 1 saturated heterocycles. The first-order chi connectivity index (χ1) is 13.8. The molecule has 0 radical (unpaired) electrons. The fraction of sp³-hybridized carbons (Fsp3) is 0.409. The van der Waals surface area contributed by atoms with Crippen LogP contribution in [0.4, 0.5) is 0 Å². The van der Waals surface area contributed by atoms with Gasteiger partial charge in [-0.2, -0.15) is 5.10 Å². The molecule has 0 unspecified atom stereocenters. The van der Waals surface area contributed by atoms with Crippen LogP contribution >= 0.6 is 0 Å². The van der Waals surface area contributed by atoms with Gasteiger partial charge in [0.1, 0.15) is 0 Å². The maximum Gasteiger partial charge on any atom is 0.0676 e. The number of piperidine rings is 1. The van der Waals surface area contributed by atoms with Crippen LogP contribution in [0.15, 0.2) is 55.2 Å². The van der Waals surface area contributed by atoms with Crippen LogP contribution < -0.4 is 5.32 Å². The molecule has 0 saturated carbocycles. The van der Waals surface area contributed by atoms with Crippen molar-refractivity contribution in [3.05, 3.63) is 72.1 Å². The molecule has 3 aromatic rings. The summed E-state index contributed by atoms with van der Waals surface area (Å²) in [5.74, 6) is 0.754. The molecular weight excluding hydrogens is 348 g/mol. The van der Waals surface area contributed by atoms with Crippen molar-refractivity contribution >= 4 is 0 Å². The summed E-state index contributed by atoms with van der Waals surface area (Å²) < 4.78 is 1.94. The van der Waals surface area contributed by atoms with Crippen LogP contribution in [-0.2, 0) is 13.1 Å². The Morgan fingerprint density at radius 1 is 1.00 bits per heavy atom. The second-order valence-electron chi connectivity index (χ2n) is 7.60. The molecule has 4 heterocycles. The predicted molar refractivity (Wildman–Crippen MR) is 110 cm³/mol. The third-order valence-corrected chi connectivity index (χ3v) is 5.54. The molecule has 0 amide bonds. The second-order valence-corrected chi connectivity index (χ2v) is 7.60. The lowest BCUT2D eigenvalue weighted by molar-refractivity contribution is 0.175. The SMILES string of the molecule is Cc1nn(-c2ccncc2)cc1CNCC1CCN(Cc2ccncc2)CC1. The minimum Gasteiger partial charge on any atom is -0.312 e. The van der Waals surface area contributed by atoms with Gasteiger partial charge in [-0.1, -0.05) is 0 Å². The average Bonchev–Trinajstić information content (AvgIpc) is 3.11. The van der Waals surface area contributed by atoms with E-state index in [1.54, 1.807) is 12.4 Å². The minimum absolute atomic E-state index is 0.754. The normalized spacial score (nSPS) is 15.8. The number of hydrogen-bond donors (Lipinski definition) is 1. The van der Waals surface area contributed by atoms with Crippen LogP contribution in [0.2, 0.25) is 0 Å². The zero-order valence-corrected chi connectivity index (χ0v) is 16.5. The smallest absolute Gasteiger partial charge is 0.0676 e. The maximum atomic E-state index is 4.63. The molecule has 1 N–H and O–H groups in total. The van der Waals surface area contributed by atoms with Crippen LogP contribution in [0.3, 0.4) is 0 Å². The van der Waals surface area contributed by atoms with E-state index in [1.807, 2.05) is 29.2 Å². The van der Waals surface area contributed by atoms with Crippen LogP contribution in [0.1, 0.15) is 29.7 Å². The van der Waals surface area contributed by atoms with E-state index in [1.165, 1.54) is 37.1 Å². The number of aromatic nitrogens is 4. The molecule has 146 valence electrons. The quantitative estimate of drug-likeness (QED) is 0.687. The van der Waals surface area contributed by atoms with Gasteiger partial charge in [0.05, 0.1) is 11.4 Å². The van der Waals surface area contributed by atoms with Gasteiger partial charge in [0.2, 0.25) is 0 Å². The summed E-state index contributed by atoms with van der Waals surface area (Å²) in [6.07, 6.45) is 12.0. The third kappa shape index (κ3) is 4.82. The highest BCUT2D eigenvalue weighted by Crippen LogP contribution is 2.19. The van der Waals surface area contributed by atoms with E-state index < -0.39 is 0 Å². The summed E-state index contributed by atoms with van der Waals surface area (Å²) in [6.45, 7) is 7.40. The Kier molecular flexibility index (Phi) is 6.09. The third-order valence-electron chi connectivity index (χ3n) is 5.54. The molecule has 6 heteroatoms. The number of rotatable bonds is 7. The van der Waals surface area contributed by atoms with Gasteiger partial charge in [-0.15, -0.1) is 0 Å². The van der Waals surface area contributed by atoms with Gasteiger partial charge in [0.25, 0.3) is 0 Å². The van der Waals surface area contributed by atoms with E-state index in [4.69, 9.17) is 0 Å². The summed E-state index contributed by atoms with van der Waals surface area (Å²) in [6, 6.07) is 8.18. The van der Waals surface area contributed by atoms with Gasteiger partial charge in [0.15, 0.2) is 0 Å². The summed E-state index contributed by atoms with van der Waals surface area (Å²) >= 11 is 0. The largest absolute Gasteiger partial charge is 0.312 e. The molecule has 0 aliphatic carbocycles. The fourth-order valence-electron chi connectivity index (χ4n) is 3.80. The lowest BCUT2D eigenvalue weighted by Gasteiger charge is -2.32.